The van der Waals surface area contributed by atoms with E-state index in [-0.39, 0.29) is 6.67 Å². The molecule has 0 aromatic carbocycles. The van der Waals surface area contributed by atoms with Crippen LogP contribution >= 0.6 is 0 Å². The average molecular weight is 309 g/mol. The summed E-state index contributed by atoms with van der Waals surface area (Å²) < 4.78 is 12.0. The molecule has 0 bridgehead atoms. The lowest BCUT2D eigenvalue weighted by atomic mass is 9.68. The van der Waals surface area contributed by atoms with Gasteiger partial charge in [-0.2, -0.15) is 0 Å². The summed E-state index contributed by atoms with van der Waals surface area (Å²) in [6.45, 7) is 2.19. The van der Waals surface area contributed by atoms with E-state index in [0.29, 0.717) is 6.42 Å². The van der Waals surface area contributed by atoms with Crippen LogP contribution in [0.2, 0.25) is 0 Å². The predicted octanol–water partition coefficient (Wildman–Crippen LogP) is 7.10. The van der Waals surface area contributed by atoms with Crippen LogP contribution in [0.1, 0.15) is 90.4 Å². The summed E-state index contributed by atoms with van der Waals surface area (Å²) in [4.78, 5) is 0. The Kier molecular flexibility index (Phi) is 8.55. The highest BCUT2D eigenvalue weighted by molar-refractivity contribution is 4.85. The lowest BCUT2D eigenvalue weighted by Crippen LogP contribution is -2.25. The normalized spacial score (nSPS) is 33.4. The van der Waals surface area contributed by atoms with Gasteiger partial charge in [-0.25, -0.2) is 0 Å². The Labute approximate surface area is 138 Å². The third-order valence-electron chi connectivity index (χ3n) is 6.44. The molecular formula is C21H37F. The zero-order valence-corrected chi connectivity index (χ0v) is 14.7. The molecular weight excluding hydrogens is 271 g/mol. The molecule has 2 fully saturated rings. The number of unbranched alkanes of at least 4 members (excludes halogenated alkanes) is 1. The summed E-state index contributed by atoms with van der Waals surface area (Å²) in [5.74, 6) is 4.12. The molecule has 0 N–H and O–H groups in total. The number of hydrogen-bond donors (Lipinski definition) is 0. The largest absolute Gasteiger partial charge is 0.251 e. The van der Waals surface area contributed by atoms with E-state index < -0.39 is 0 Å². The van der Waals surface area contributed by atoms with E-state index in [1.54, 1.807) is 0 Å². The molecule has 2 rings (SSSR count). The van der Waals surface area contributed by atoms with Crippen molar-refractivity contribution in [2.24, 2.45) is 23.7 Å². The Bertz CT molecular complexity index is 293. The van der Waals surface area contributed by atoms with Gasteiger partial charge in [0.15, 0.2) is 0 Å². The highest BCUT2D eigenvalue weighted by Crippen LogP contribution is 2.42. The van der Waals surface area contributed by atoms with E-state index in [4.69, 9.17) is 0 Å². The van der Waals surface area contributed by atoms with E-state index >= 15 is 0 Å². The Morgan fingerprint density at radius 2 is 1.32 bits per heavy atom. The molecule has 2 aliphatic rings. The molecule has 0 saturated heterocycles. The van der Waals surface area contributed by atoms with Crippen LogP contribution in [0.5, 0.6) is 0 Å². The number of alkyl halides is 1. The molecule has 0 amide bonds. The zero-order chi connectivity index (χ0) is 15.6. The summed E-state index contributed by atoms with van der Waals surface area (Å²) in [6, 6.07) is 0. The van der Waals surface area contributed by atoms with Crippen molar-refractivity contribution in [2.45, 2.75) is 90.4 Å². The van der Waals surface area contributed by atoms with Crippen LogP contribution in [-0.2, 0) is 0 Å². The summed E-state index contributed by atoms with van der Waals surface area (Å²) in [6.07, 6.45) is 22.0. The summed E-state index contributed by atoms with van der Waals surface area (Å²) in [5, 5.41) is 0. The Hall–Kier alpha value is -0.330. The fraction of sp³-hybridized carbons (Fsp3) is 0.905. The second-order valence-corrected chi connectivity index (χ2v) is 7.85. The minimum atomic E-state index is -0.172. The van der Waals surface area contributed by atoms with E-state index in [0.717, 1.165) is 30.1 Å². The first-order valence-electron chi connectivity index (χ1n) is 10.0. The highest BCUT2D eigenvalue weighted by atomic mass is 19.1. The highest BCUT2D eigenvalue weighted by Gasteiger charge is 2.30. The monoisotopic (exact) mass is 308 g/mol. The van der Waals surface area contributed by atoms with E-state index in [1.165, 1.54) is 70.6 Å². The fourth-order valence-electron chi connectivity index (χ4n) is 4.78. The van der Waals surface area contributed by atoms with Gasteiger partial charge in [-0.05, 0) is 75.0 Å². The maximum Gasteiger partial charge on any atom is 0.0897 e. The molecule has 2 aliphatic carbocycles. The molecule has 0 unspecified atom stereocenters. The van der Waals surface area contributed by atoms with Crippen LogP contribution in [0, 0.1) is 23.7 Å². The Balaban J connectivity index is 1.57. The minimum Gasteiger partial charge on any atom is -0.251 e. The average Bonchev–Trinajstić information content (AvgIpc) is 2.59. The Morgan fingerprint density at radius 3 is 1.86 bits per heavy atom. The van der Waals surface area contributed by atoms with Gasteiger partial charge in [0.1, 0.15) is 0 Å². The van der Waals surface area contributed by atoms with Gasteiger partial charge in [0.05, 0.1) is 6.67 Å². The maximum atomic E-state index is 12.0. The Morgan fingerprint density at radius 1 is 0.773 bits per heavy atom. The molecule has 0 heterocycles. The van der Waals surface area contributed by atoms with Gasteiger partial charge < -0.3 is 0 Å². The quantitative estimate of drug-likeness (QED) is 0.331. The van der Waals surface area contributed by atoms with Crippen molar-refractivity contribution in [3.63, 3.8) is 0 Å². The van der Waals surface area contributed by atoms with Gasteiger partial charge in [0.25, 0.3) is 0 Å². The molecule has 0 aliphatic heterocycles. The van der Waals surface area contributed by atoms with Crippen molar-refractivity contribution in [1.82, 2.24) is 0 Å². The number of hydrogen-bond acceptors (Lipinski definition) is 0. The second-order valence-electron chi connectivity index (χ2n) is 7.85. The van der Waals surface area contributed by atoms with Crippen LogP contribution in [-0.4, -0.2) is 6.67 Å². The number of halogens is 1. The lowest BCUT2D eigenvalue weighted by Gasteiger charge is -2.37. The summed E-state index contributed by atoms with van der Waals surface area (Å²) in [5.41, 5.74) is 0. The van der Waals surface area contributed by atoms with Gasteiger partial charge in [0.2, 0.25) is 0 Å². The van der Waals surface area contributed by atoms with Gasteiger partial charge >= 0.3 is 0 Å². The zero-order valence-electron chi connectivity index (χ0n) is 14.7. The van der Waals surface area contributed by atoms with Gasteiger partial charge in [0, 0.05) is 0 Å². The minimum absolute atomic E-state index is 0.172. The van der Waals surface area contributed by atoms with E-state index in [9.17, 15) is 4.39 Å². The number of allylic oxidation sites excluding steroid dienone is 2. The van der Waals surface area contributed by atoms with Crippen molar-refractivity contribution >= 4 is 0 Å². The molecule has 0 aromatic heterocycles. The predicted molar refractivity (Wildman–Crippen MR) is 94.8 cm³/mol. The summed E-state index contributed by atoms with van der Waals surface area (Å²) in [7, 11) is 0. The molecule has 0 nitrogen and oxygen atoms in total. The molecule has 1 heteroatoms. The van der Waals surface area contributed by atoms with Crippen LogP contribution < -0.4 is 0 Å². The SMILES string of the molecule is CCC1CCC([C@H]2CC[C@H](CC/C=C/CCCF)CC2)CC1. The topological polar surface area (TPSA) is 0 Å². The first kappa shape index (κ1) is 18.0. The molecule has 22 heavy (non-hydrogen) atoms. The van der Waals surface area contributed by atoms with Crippen molar-refractivity contribution in [3.05, 3.63) is 12.2 Å². The first-order valence-corrected chi connectivity index (χ1v) is 10.0. The third-order valence-corrected chi connectivity index (χ3v) is 6.44. The van der Waals surface area contributed by atoms with Gasteiger partial charge in [-0.1, -0.05) is 51.2 Å². The maximum absolute atomic E-state index is 12.0. The van der Waals surface area contributed by atoms with E-state index in [1.807, 2.05) is 0 Å². The molecule has 0 aromatic rings. The van der Waals surface area contributed by atoms with Crippen molar-refractivity contribution in [1.29, 1.82) is 0 Å². The van der Waals surface area contributed by atoms with Gasteiger partial charge in [-0.15, -0.1) is 0 Å². The van der Waals surface area contributed by atoms with Crippen molar-refractivity contribution in [3.8, 4) is 0 Å². The molecule has 0 spiro atoms. The molecule has 0 radical (unpaired) electrons. The molecule has 0 atom stereocenters. The second kappa shape index (κ2) is 10.4. The first-order chi connectivity index (χ1) is 10.8. The fourth-order valence-corrected chi connectivity index (χ4v) is 4.78. The van der Waals surface area contributed by atoms with Crippen molar-refractivity contribution < 1.29 is 4.39 Å². The van der Waals surface area contributed by atoms with Crippen LogP contribution in [0.3, 0.4) is 0 Å². The standard InChI is InChI=1S/C21H37F/c1-2-18-9-13-20(14-10-18)21-15-11-19(12-16-21)8-6-4-3-5-7-17-22/h3-4,18-21H,2,5-17H2,1H3/b4-3+/t18?,19-,20?,21-. The van der Waals surface area contributed by atoms with Crippen LogP contribution in [0.15, 0.2) is 12.2 Å². The van der Waals surface area contributed by atoms with Gasteiger partial charge in [-0.3, -0.25) is 4.39 Å². The lowest BCUT2D eigenvalue weighted by molar-refractivity contribution is 0.143. The van der Waals surface area contributed by atoms with Crippen molar-refractivity contribution in [2.75, 3.05) is 6.67 Å². The summed E-state index contributed by atoms with van der Waals surface area (Å²) >= 11 is 0. The van der Waals surface area contributed by atoms with E-state index in [2.05, 4.69) is 19.1 Å². The van der Waals surface area contributed by atoms with Crippen LogP contribution in [0.25, 0.3) is 0 Å². The number of rotatable bonds is 8. The van der Waals surface area contributed by atoms with Crippen LogP contribution in [0.4, 0.5) is 4.39 Å². The third kappa shape index (κ3) is 6.05. The molecule has 2 saturated carbocycles. The smallest absolute Gasteiger partial charge is 0.0897 e. The molecule has 128 valence electrons.